The normalized spacial score (nSPS) is 15.7. The number of halogens is 1. The van der Waals surface area contributed by atoms with Crippen molar-refractivity contribution in [2.45, 2.75) is 19.5 Å². The van der Waals surface area contributed by atoms with E-state index in [9.17, 15) is 9.59 Å². The van der Waals surface area contributed by atoms with E-state index in [1.54, 1.807) is 18.2 Å². The Morgan fingerprint density at radius 3 is 2.74 bits per heavy atom. The summed E-state index contributed by atoms with van der Waals surface area (Å²) in [6.45, 7) is 1.47. The van der Waals surface area contributed by atoms with E-state index in [1.807, 2.05) is 30.3 Å². The van der Waals surface area contributed by atoms with Gasteiger partial charge in [0.05, 0.1) is 5.69 Å². The fraction of sp³-hybridized carbons (Fsp3) is 0.158. The van der Waals surface area contributed by atoms with Crippen LogP contribution in [0.2, 0.25) is 5.02 Å². The first-order valence-electron chi connectivity index (χ1n) is 8.28. The fourth-order valence-corrected chi connectivity index (χ4v) is 3.25. The maximum absolute atomic E-state index is 12.9. The Bertz CT molecular complexity index is 1020. The van der Waals surface area contributed by atoms with Crippen molar-refractivity contribution >= 4 is 29.1 Å². The molecule has 0 radical (unpaired) electrons. The third-order valence-corrected chi connectivity index (χ3v) is 4.47. The van der Waals surface area contributed by atoms with Crippen LogP contribution in [0.4, 0.5) is 5.69 Å². The first kappa shape index (κ1) is 17.2. The zero-order valence-corrected chi connectivity index (χ0v) is 15.1. The number of rotatable bonds is 4. The second-order valence-corrected chi connectivity index (χ2v) is 6.56. The lowest BCUT2D eigenvalue weighted by atomic mass is 10.1. The van der Waals surface area contributed by atoms with Gasteiger partial charge in [0.25, 0.3) is 5.91 Å². The molecule has 1 aliphatic heterocycles. The zero-order valence-electron chi connectivity index (χ0n) is 14.3. The highest BCUT2D eigenvalue weighted by molar-refractivity contribution is 6.31. The molecule has 7 nitrogen and oxygen atoms in total. The van der Waals surface area contributed by atoms with Crippen LogP contribution >= 0.6 is 11.6 Å². The summed E-state index contributed by atoms with van der Waals surface area (Å²) in [6, 6.07) is 13.7. The number of fused-ring (bicyclic) bond motifs is 1. The van der Waals surface area contributed by atoms with E-state index in [0.29, 0.717) is 28.1 Å². The molecule has 0 fully saturated rings. The van der Waals surface area contributed by atoms with Crippen molar-refractivity contribution < 1.29 is 14.0 Å². The largest absolute Gasteiger partial charge is 0.419 e. The molecule has 136 valence electrons. The molecule has 1 aromatic heterocycles. The first-order chi connectivity index (χ1) is 13.0. The van der Waals surface area contributed by atoms with Gasteiger partial charge in [0, 0.05) is 23.1 Å². The van der Waals surface area contributed by atoms with Crippen molar-refractivity contribution in [3.05, 3.63) is 65.0 Å². The van der Waals surface area contributed by atoms with Gasteiger partial charge >= 0.3 is 0 Å². The average molecular weight is 383 g/mol. The molecule has 2 aromatic carbocycles. The van der Waals surface area contributed by atoms with Crippen molar-refractivity contribution in [3.8, 4) is 11.5 Å². The van der Waals surface area contributed by atoms with Crippen LogP contribution in [0.3, 0.4) is 0 Å². The lowest BCUT2D eigenvalue weighted by molar-refractivity contribution is -0.126. The smallest absolute Gasteiger partial charge is 0.254 e. The predicted octanol–water partition coefficient (Wildman–Crippen LogP) is 3.11. The van der Waals surface area contributed by atoms with Crippen LogP contribution in [0.25, 0.3) is 11.5 Å². The summed E-state index contributed by atoms with van der Waals surface area (Å²) in [5, 5.41) is 11.2. The summed E-state index contributed by atoms with van der Waals surface area (Å²) in [7, 11) is 0. The molecule has 0 bridgehead atoms. The minimum absolute atomic E-state index is 0.101. The molecule has 0 unspecified atom stereocenters. The average Bonchev–Trinajstić information content (AvgIpc) is 3.21. The van der Waals surface area contributed by atoms with E-state index < -0.39 is 6.04 Å². The Kier molecular flexibility index (Phi) is 4.37. The van der Waals surface area contributed by atoms with Gasteiger partial charge in [0.2, 0.25) is 17.7 Å². The van der Waals surface area contributed by atoms with E-state index in [1.165, 1.54) is 11.8 Å². The summed E-state index contributed by atoms with van der Waals surface area (Å²) in [5.41, 5.74) is 2.10. The molecule has 1 atom stereocenters. The Morgan fingerprint density at radius 1 is 1.22 bits per heavy atom. The van der Waals surface area contributed by atoms with E-state index >= 15 is 0 Å². The van der Waals surface area contributed by atoms with Crippen LogP contribution in [0.15, 0.2) is 52.9 Å². The zero-order chi connectivity index (χ0) is 19.0. The van der Waals surface area contributed by atoms with E-state index in [2.05, 4.69) is 15.5 Å². The molecule has 0 aliphatic carbocycles. The molecule has 2 heterocycles. The summed E-state index contributed by atoms with van der Waals surface area (Å²) in [4.78, 5) is 25.9. The minimum atomic E-state index is -0.785. The number of benzene rings is 2. The van der Waals surface area contributed by atoms with E-state index in [-0.39, 0.29) is 18.4 Å². The van der Waals surface area contributed by atoms with Gasteiger partial charge in [0.1, 0.15) is 12.6 Å². The number of hydrogen-bond donors (Lipinski definition) is 1. The quantitative estimate of drug-likeness (QED) is 0.749. The number of aromatic nitrogens is 2. The number of amides is 2. The molecular weight excluding hydrogens is 368 g/mol. The van der Waals surface area contributed by atoms with Crippen LogP contribution in [-0.2, 0) is 16.1 Å². The molecule has 0 saturated carbocycles. The molecular formula is C19H15ClN4O3. The van der Waals surface area contributed by atoms with Crippen LogP contribution in [-0.4, -0.2) is 22.0 Å². The third kappa shape index (κ3) is 3.29. The fourth-order valence-electron chi connectivity index (χ4n) is 3.07. The molecule has 27 heavy (non-hydrogen) atoms. The standard InChI is InChI=1S/C19H15ClN4O3/c1-11(25)21-17-14-9-13(20)7-8-15(14)24(19(17)26)10-16-22-23-18(27-16)12-5-3-2-4-6-12/h2-9,17H,10H2,1H3,(H,21,25)/t17-/m0/s1. The monoisotopic (exact) mass is 382 g/mol. The number of hydrogen-bond acceptors (Lipinski definition) is 5. The van der Waals surface area contributed by atoms with Crippen molar-refractivity contribution in [2.75, 3.05) is 4.90 Å². The Balaban J connectivity index is 1.64. The lowest BCUT2D eigenvalue weighted by Gasteiger charge is -2.15. The van der Waals surface area contributed by atoms with Gasteiger partial charge in [-0.1, -0.05) is 29.8 Å². The molecule has 1 aliphatic rings. The molecule has 2 amide bonds. The van der Waals surface area contributed by atoms with Gasteiger partial charge in [-0.2, -0.15) is 0 Å². The molecule has 4 rings (SSSR count). The van der Waals surface area contributed by atoms with Gasteiger partial charge in [0.15, 0.2) is 0 Å². The Hall–Kier alpha value is -3.19. The second-order valence-electron chi connectivity index (χ2n) is 6.13. The number of carbonyl (C=O) groups excluding carboxylic acids is 2. The lowest BCUT2D eigenvalue weighted by Crippen LogP contribution is -2.36. The summed E-state index contributed by atoms with van der Waals surface area (Å²) in [5.74, 6) is 0.103. The van der Waals surface area contributed by atoms with Gasteiger partial charge in [-0.3, -0.25) is 9.59 Å². The van der Waals surface area contributed by atoms with Crippen LogP contribution in [0.1, 0.15) is 24.4 Å². The molecule has 8 heteroatoms. The van der Waals surface area contributed by atoms with Gasteiger partial charge in [-0.05, 0) is 30.3 Å². The number of carbonyl (C=O) groups is 2. The maximum Gasteiger partial charge on any atom is 0.254 e. The SMILES string of the molecule is CC(=O)N[C@@H]1C(=O)N(Cc2nnc(-c3ccccc3)o2)c2ccc(Cl)cc21. The van der Waals surface area contributed by atoms with Gasteiger partial charge < -0.3 is 14.6 Å². The Morgan fingerprint density at radius 2 is 2.00 bits per heavy atom. The maximum atomic E-state index is 12.9. The second kappa shape index (κ2) is 6.85. The van der Waals surface area contributed by atoms with Crippen molar-refractivity contribution in [2.24, 2.45) is 0 Å². The van der Waals surface area contributed by atoms with Crippen molar-refractivity contribution in [1.82, 2.24) is 15.5 Å². The number of anilines is 1. The van der Waals surface area contributed by atoms with Crippen molar-refractivity contribution in [3.63, 3.8) is 0 Å². The van der Waals surface area contributed by atoms with Crippen LogP contribution in [0.5, 0.6) is 0 Å². The predicted molar refractivity (Wildman–Crippen MR) is 98.9 cm³/mol. The topological polar surface area (TPSA) is 88.3 Å². The Labute approximate surface area is 160 Å². The van der Waals surface area contributed by atoms with Crippen LogP contribution in [0, 0.1) is 0 Å². The van der Waals surface area contributed by atoms with Gasteiger partial charge in [-0.25, -0.2) is 0 Å². The van der Waals surface area contributed by atoms with Crippen molar-refractivity contribution in [1.29, 1.82) is 0 Å². The molecule has 0 spiro atoms. The summed E-state index contributed by atoms with van der Waals surface area (Å²) in [6.07, 6.45) is 0. The minimum Gasteiger partial charge on any atom is -0.419 e. The summed E-state index contributed by atoms with van der Waals surface area (Å²) >= 11 is 6.07. The molecule has 0 saturated heterocycles. The van der Waals surface area contributed by atoms with Gasteiger partial charge in [-0.15, -0.1) is 10.2 Å². The summed E-state index contributed by atoms with van der Waals surface area (Å²) < 4.78 is 5.71. The third-order valence-electron chi connectivity index (χ3n) is 4.23. The van der Waals surface area contributed by atoms with E-state index in [0.717, 1.165) is 5.56 Å². The molecule has 3 aromatic rings. The van der Waals surface area contributed by atoms with E-state index in [4.69, 9.17) is 16.0 Å². The number of nitrogens with one attached hydrogen (secondary N) is 1. The first-order valence-corrected chi connectivity index (χ1v) is 8.66. The number of nitrogens with zero attached hydrogens (tertiary/aromatic N) is 3. The highest BCUT2D eigenvalue weighted by Crippen LogP contribution is 2.38. The van der Waals surface area contributed by atoms with Crippen LogP contribution < -0.4 is 10.2 Å². The molecule has 1 N–H and O–H groups in total. The highest BCUT2D eigenvalue weighted by Gasteiger charge is 2.38. The highest BCUT2D eigenvalue weighted by atomic mass is 35.5.